The van der Waals surface area contributed by atoms with Crippen molar-refractivity contribution in [2.45, 2.75) is 13.0 Å². The lowest BCUT2D eigenvalue weighted by molar-refractivity contribution is -0.121. The van der Waals surface area contributed by atoms with Crippen molar-refractivity contribution >= 4 is 29.4 Å². The van der Waals surface area contributed by atoms with Crippen LogP contribution < -0.4 is 16.0 Å². The molecule has 2 heterocycles. The van der Waals surface area contributed by atoms with Crippen molar-refractivity contribution < 1.29 is 9.53 Å². The Labute approximate surface area is 115 Å². The highest BCUT2D eigenvalue weighted by Crippen LogP contribution is 2.18. The van der Waals surface area contributed by atoms with Crippen LogP contribution in [-0.2, 0) is 9.53 Å². The minimum absolute atomic E-state index is 0.0654. The fourth-order valence-corrected chi connectivity index (χ4v) is 1.94. The monoisotopic (exact) mass is 286 g/mol. The molecule has 0 aliphatic carbocycles. The SMILES string of the molecule is CCNc1nc(Cl)nc(N2CCOCC2C(N)=O)n1. The van der Waals surface area contributed by atoms with Gasteiger partial charge in [-0.1, -0.05) is 0 Å². The molecule has 9 heteroatoms. The maximum atomic E-state index is 11.4. The standard InChI is InChI=1S/C10H15ClN6O2/c1-2-13-9-14-8(11)15-10(16-9)17-3-4-19-5-6(17)7(12)18/h6H,2-5H2,1H3,(H2,12,18)(H,13,14,15,16). The van der Waals surface area contributed by atoms with Crippen molar-refractivity contribution in [3.63, 3.8) is 0 Å². The fourth-order valence-electron chi connectivity index (χ4n) is 1.78. The Balaban J connectivity index is 2.30. The summed E-state index contributed by atoms with van der Waals surface area (Å²) in [4.78, 5) is 25.3. The first-order valence-electron chi connectivity index (χ1n) is 5.91. The summed E-state index contributed by atoms with van der Waals surface area (Å²) >= 11 is 5.86. The summed E-state index contributed by atoms with van der Waals surface area (Å²) in [6.45, 7) is 3.73. The largest absolute Gasteiger partial charge is 0.377 e. The Morgan fingerprint density at radius 3 is 3.05 bits per heavy atom. The van der Waals surface area contributed by atoms with Crippen molar-refractivity contribution in [1.29, 1.82) is 0 Å². The van der Waals surface area contributed by atoms with Crippen molar-refractivity contribution in [2.75, 3.05) is 36.5 Å². The Morgan fingerprint density at radius 1 is 1.58 bits per heavy atom. The van der Waals surface area contributed by atoms with E-state index in [-0.39, 0.29) is 11.9 Å². The molecule has 0 spiro atoms. The predicted molar refractivity (Wildman–Crippen MR) is 70.1 cm³/mol. The summed E-state index contributed by atoms with van der Waals surface area (Å²) in [6.07, 6.45) is 0. The van der Waals surface area contributed by atoms with E-state index in [1.165, 1.54) is 0 Å². The van der Waals surface area contributed by atoms with Crippen molar-refractivity contribution in [2.24, 2.45) is 5.73 Å². The number of rotatable bonds is 4. The van der Waals surface area contributed by atoms with Crippen molar-refractivity contribution in [3.8, 4) is 0 Å². The lowest BCUT2D eigenvalue weighted by Crippen LogP contribution is -2.53. The van der Waals surface area contributed by atoms with Crippen LogP contribution >= 0.6 is 11.6 Å². The van der Waals surface area contributed by atoms with Gasteiger partial charge in [-0.25, -0.2) is 0 Å². The number of aromatic nitrogens is 3. The van der Waals surface area contributed by atoms with Crippen LogP contribution in [0.25, 0.3) is 0 Å². The van der Waals surface area contributed by atoms with Crippen molar-refractivity contribution in [1.82, 2.24) is 15.0 Å². The Morgan fingerprint density at radius 2 is 2.37 bits per heavy atom. The van der Waals surface area contributed by atoms with Crippen LogP contribution in [0.3, 0.4) is 0 Å². The molecule has 8 nitrogen and oxygen atoms in total. The molecule has 19 heavy (non-hydrogen) atoms. The highest BCUT2D eigenvalue weighted by atomic mass is 35.5. The van der Waals surface area contributed by atoms with Gasteiger partial charge in [0, 0.05) is 13.1 Å². The van der Waals surface area contributed by atoms with Gasteiger partial charge >= 0.3 is 0 Å². The zero-order valence-corrected chi connectivity index (χ0v) is 11.2. The summed E-state index contributed by atoms with van der Waals surface area (Å²) in [7, 11) is 0. The number of nitrogens with two attached hydrogens (primary N) is 1. The van der Waals surface area contributed by atoms with Gasteiger partial charge in [0.25, 0.3) is 0 Å². The molecular weight excluding hydrogens is 272 g/mol. The molecular formula is C10H15ClN6O2. The summed E-state index contributed by atoms with van der Waals surface area (Å²) in [5, 5.41) is 3.02. The second-order valence-corrected chi connectivity index (χ2v) is 4.28. The molecule has 3 N–H and O–H groups in total. The van der Waals surface area contributed by atoms with Crippen LogP contribution in [0, 0.1) is 0 Å². The number of carbonyl (C=O) groups excluding carboxylic acids is 1. The number of morpholine rings is 1. The van der Waals surface area contributed by atoms with Crippen LogP contribution in [0.4, 0.5) is 11.9 Å². The highest BCUT2D eigenvalue weighted by Gasteiger charge is 2.30. The number of anilines is 2. The first kappa shape index (κ1) is 13.8. The number of halogens is 1. The number of primary amides is 1. The van der Waals surface area contributed by atoms with Gasteiger partial charge in [-0.3, -0.25) is 4.79 Å². The summed E-state index contributed by atoms with van der Waals surface area (Å²) in [5.74, 6) is 0.205. The second-order valence-electron chi connectivity index (χ2n) is 3.94. The van der Waals surface area contributed by atoms with E-state index in [4.69, 9.17) is 22.1 Å². The van der Waals surface area contributed by atoms with Gasteiger partial charge < -0.3 is 20.7 Å². The molecule has 1 aromatic heterocycles. The van der Waals surface area contributed by atoms with E-state index < -0.39 is 11.9 Å². The smallest absolute Gasteiger partial charge is 0.242 e. The van der Waals surface area contributed by atoms with E-state index in [1.807, 2.05) is 6.92 Å². The number of carbonyl (C=O) groups is 1. The fraction of sp³-hybridized carbons (Fsp3) is 0.600. The normalized spacial score (nSPS) is 19.3. The molecule has 1 aromatic rings. The van der Waals surface area contributed by atoms with Gasteiger partial charge in [0.05, 0.1) is 13.2 Å². The van der Waals surface area contributed by atoms with Crippen LogP contribution in [0.15, 0.2) is 0 Å². The average Bonchev–Trinajstić information content (AvgIpc) is 2.38. The molecule has 1 atom stereocenters. The molecule has 104 valence electrons. The molecule has 1 aliphatic rings. The lowest BCUT2D eigenvalue weighted by Gasteiger charge is -2.33. The van der Waals surface area contributed by atoms with Gasteiger partial charge in [-0.05, 0) is 18.5 Å². The molecule has 0 bridgehead atoms. The molecule has 1 fully saturated rings. The minimum Gasteiger partial charge on any atom is -0.377 e. The molecule has 1 aliphatic heterocycles. The van der Waals surface area contributed by atoms with Gasteiger partial charge in [0.1, 0.15) is 6.04 Å². The quantitative estimate of drug-likeness (QED) is 0.779. The van der Waals surface area contributed by atoms with Crippen molar-refractivity contribution in [3.05, 3.63) is 5.28 Å². The summed E-state index contributed by atoms with van der Waals surface area (Å²) in [5.41, 5.74) is 5.35. The number of nitrogens with one attached hydrogen (secondary N) is 1. The van der Waals surface area contributed by atoms with E-state index in [2.05, 4.69) is 20.3 Å². The topological polar surface area (TPSA) is 106 Å². The average molecular weight is 287 g/mol. The summed E-state index contributed by atoms with van der Waals surface area (Å²) in [6, 6.07) is -0.596. The Hall–Kier alpha value is -1.67. The van der Waals surface area contributed by atoms with Crippen LogP contribution in [-0.4, -0.2) is 53.2 Å². The molecule has 1 amide bonds. The van der Waals surface area contributed by atoms with Crippen LogP contribution in [0.5, 0.6) is 0 Å². The third kappa shape index (κ3) is 3.21. The molecule has 0 radical (unpaired) electrons. The van der Waals surface area contributed by atoms with E-state index in [0.717, 1.165) is 0 Å². The highest BCUT2D eigenvalue weighted by molar-refractivity contribution is 6.28. The number of hydrogen-bond donors (Lipinski definition) is 2. The van der Waals surface area contributed by atoms with Gasteiger partial charge in [0.2, 0.25) is 23.1 Å². The van der Waals surface area contributed by atoms with Gasteiger partial charge in [-0.15, -0.1) is 0 Å². The lowest BCUT2D eigenvalue weighted by atomic mass is 10.2. The first-order chi connectivity index (χ1) is 9.11. The third-order valence-corrected chi connectivity index (χ3v) is 2.81. The van der Waals surface area contributed by atoms with E-state index in [1.54, 1.807) is 4.90 Å². The maximum absolute atomic E-state index is 11.4. The zero-order chi connectivity index (χ0) is 13.8. The predicted octanol–water partition coefficient (Wildman–Crippen LogP) is -0.353. The van der Waals surface area contributed by atoms with Gasteiger partial charge in [-0.2, -0.15) is 15.0 Å². The number of amides is 1. The second kappa shape index (κ2) is 5.98. The minimum atomic E-state index is -0.596. The van der Waals surface area contributed by atoms with E-state index in [9.17, 15) is 4.79 Å². The third-order valence-electron chi connectivity index (χ3n) is 2.64. The molecule has 1 unspecified atom stereocenters. The summed E-state index contributed by atoms with van der Waals surface area (Å²) < 4.78 is 5.24. The first-order valence-corrected chi connectivity index (χ1v) is 6.28. The number of ether oxygens (including phenoxy) is 1. The molecule has 0 saturated carbocycles. The molecule has 0 aromatic carbocycles. The zero-order valence-electron chi connectivity index (χ0n) is 10.5. The van der Waals surface area contributed by atoms with Crippen LogP contribution in [0.1, 0.15) is 6.92 Å². The molecule has 2 rings (SSSR count). The number of hydrogen-bond acceptors (Lipinski definition) is 7. The van der Waals surface area contributed by atoms with E-state index in [0.29, 0.717) is 31.6 Å². The molecule has 1 saturated heterocycles. The number of nitrogens with zero attached hydrogens (tertiary/aromatic N) is 4. The van der Waals surface area contributed by atoms with Gasteiger partial charge in [0.15, 0.2) is 0 Å². The maximum Gasteiger partial charge on any atom is 0.242 e. The van der Waals surface area contributed by atoms with Crippen LogP contribution in [0.2, 0.25) is 5.28 Å². The Bertz CT molecular complexity index is 471. The van der Waals surface area contributed by atoms with E-state index >= 15 is 0 Å². The Kier molecular flexibility index (Phi) is 4.33.